The van der Waals surface area contributed by atoms with Crippen LogP contribution in [-0.4, -0.2) is 58.3 Å². The van der Waals surface area contributed by atoms with E-state index in [4.69, 9.17) is 23.7 Å². The maximum Gasteiger partial charge on any atom is 0.263 e. The summed E-state index contributed by atoms with van der Waals surface area (Å²) in [6.45, 7) is 0.718. The lowest BCUT2D eigenvalue weighted by molar-refractivity contribution is 0.0998. The molecule has 0 radical (unpaired) electrons. The zero-order valence-corrected chi connectivity index (χ0v) is 23.5. The maximum atomic E-state index is 13.7. The number of likely N-dealkylation sites (N-methyl/N-ethyl adjacent to an activating group) is 1. The summed E-state index contributed by atoms with van der Waals surface area (Å²) in [5.41, 5.74) is 3.55. The van der Waals surface area contributed by atoms with Gasteiger partial charge in [0.2, 0.25) is 18.3 Å². The van der Waals surface area contributed by atoms with Gasteiger partial charge in [-0.15, -0.1) is 0 Å². The third-order valence-electron chi connectivity index (χ3n) is 6.74. The van der Waals surface area contributed by atoms with E-state index in [-0.39, 0.29) is 24.0 Å². The molecule has 10 heteroatoms. The van der Waals surface area contributed by atoms with Gasteiger partial charge < -0.3 is 33.9 Å². The Balaban J connectivity index is 1.43. The first-order valence-electron chi connectivity index (χ1n) is 12.2. The SMILES string of the molecule is COc1cccc(OC)c1C(=O)Nc1ccc(C(=O)C2=Cc3c(c(Br)c4c(c3OC)OCO4)CCN2C)cc1. The number of nitrogens with one attached hydrogen (secondary N) is 1. The number of halogens is 1. The van der Waals surface area contributed by atoms with Gasteiger partial charge in [-0.2, -0.15) is 0 Å². The van der Waals surface area contributed by atoms with E-state index in [0.29, 0.717) is 58.7 Å². The normalized spacial score (nSPS) is 13.7. The largest absolute Gasteiger partial charge is 0.496 e. The van der Waals surface area contributed by atoms with Crippen LogP contribution in [0.2, 0.25) is 0 Å². The fraction of sp³-hybridized carbons (Fsp3) is 0.241. The van der Waals surface area contributed by atoms with E-state index in [1.807, 2.05) is 18.0 Å². The quantitative estimate of drug-likeness (QED) is 0.374. The summed E-state index contributed by atoms with van der Waals surface area (Å²) in [6.07, 6.45) is 2.50. The number of nitrogens with zero attached hydrogens (tertiary/aromatic N) is 1. The minimum Gasteiger partial charge on any atom is -0.496 e. The summed E-state index contributed by atoms with van der Waals surface area (Å²) >= 11 is 3.66. The highest BCUT2D eigenvalue weighted by Gasteiger charge is 2.31. The fourth-order valence-electron chi connectivity index (χ4n) is 4.73. The highest BCUT2D eigenvalue weighted by Crippen LogP contribution is 2.51. The zero-order valence-electron chi connectivity index (χ0n) is 21.9. The molecule has 202 valence electrons. The zero-order chi connectivity index (χ0) is 27.7. The number of benzene rings is 3. The number of methoxy groups -OCH3 is 3. The second-order valence-corrected chi connectivity index (χ2v) is 9.70. The Bertz CT molecular complexity index is 1460. The standard InChI is InChI=1S/C29H27BrN2O7/c1-32-13-12-18-19(26(37-4)28-27(24(18)30)38-15-39-28)14-20(32)25(33)16-8-10-17(11-9-16)31-29(34)23-21(35-2)6-5-7-22(23)36-3/h5-11,14H,12-13,15H2,1-4H3,(H,31,34). The number of hydrogen-bond donors (Lipinski definition) is 1. The molecule has 0 saturated carbocycles. The summed E-state index contributed by atoms with van der Waals surface area (Å²) in [5, 5.41) is 2.85. The lowest BCUT2D eigenvalue weighted by Gasteiger charge is -2.20. The van der Waals surface area contributed by atoms with E-state index in [1.54, 1.807) is 49.6 Å². The van der Waals surface area contributed by atoms with Gasteiger partial charge in [-0.25, -0.2) is 0 Å². The molecule has 0 spiro atoms. The highest BCUT2D eigenvalue weighted by atomic mass is 79.9. The van der Waals surface area contributed by atoms with E-state index >= 15 is 0 Å². The smallest absolute Gasteiger partial charge is 0.263 e. The first-order chi connectivity index (χ1) is 18.9. The van der Waals surface area contributed by atoms with Crippen molar-refractivity contribution in [2.75, 3.05) is 47.0 Å². The number of ketones is 1. The number of anilines is 1. The van der Waals surface area contributed by atoms with Gasteiger partial charge >= 0.3 is 0 Å². The number of allylic oxidation sites excluding steroid dienone is 1. The number of Topliss-reactive ketones (excluding diaryl/α,β-unsaturated/α-hetero) is 1. The van der Waals surface area contributed by atoms with Crippen LogP contribution in [0.3, 0.4) is 0 Å². The lowest BCUT2D eigenvalue weighted by atomic mass is 10.0. The average Bonchev–Trinajstić information content (AvgIpc) is 3.38. The van der Waals surface area contributed by atoms with Gasteiger partial charge in [0.25, 0.3) is 5.91 Å². The molecule has 9 nitrogen and oxygen atoms in total. The van der Waals surface area contributed by atoms with Gasteiger partial charge in [-0.3, -0.25) is 9.59 Å². The third kappa shape index (κ3) is 4.76. The van der Waals surface area contributed by atoms with Crippen molar-refractivity contribution >= 4 is 39.4 Å². The molecule has 39 heavy (non-hydrogen) atoms. The Morgan fingerprint density at radius 1 is 0.949 bits per heavy atom. The molecule has 3 aromatic rings. The number of carbonyl (C=O) groups excluding carboxylic acids is 2. The first kappa shape index (κ1) is 26.4. The predicted molar refractivity (Wildman–Crippen MR) is 149 cm³/mol. The molecular weight excluding hydrogens is 568 g/mol. The molecule has 2 heterocycles. The van der Waals surface area contributed by atoms with Crippen molar-refractivity contribution in [2.24, 2.45) is 0 Å². The van der Waals surface area contributed by atoms with Gasteiger partial charge in [0.05, 0.1) is 31.5 Å². The molecule has 0 unspecified atom stereocenters. The Labute approximate surface area is 234 Å². The van der Waals surface area contributed by atoms with Gasteiger partial charge in [0, 0.05) is 30.4 Å². The van der Waals surface area contributed by atoms with Crippen LogP contribution in [0.5, 0.6) is 28.7 Å². The van der Waals surface area contributed by atoms with Crippen molar-refractivity contribution in [1.82, 2.24) is 4.90 Å². The molecule has 3 aromatic carbocycles. The minimum atomic E-state index is -0.386. The first-order valence-corrected chi connectivity index (χ1v) is 12.9. The maximum absolute atomic E-state index is 13.7. The van der Waals surface area contributed by atoms with E-state index < -0.39 is 0 Å². The summed E-state index contributed by atoms with van der Waals surface area (Å²) in [5.74, 6) is 1.90. The predicted octanol–water partition coefficient (Wildman–Crippen LogP) is 5.17. The van der Waals surface area contributed by atoms with Gasteiger partial charge in [0.1, 0.15) is 17.1 Å². The second kappa shape index (κ2) is 10.9. The average molecular weight is 595 g/mol. The second-order valence-electron chi connectivity index (χ2n) is 8.90. The van der Waals surface area contributed by atoms with Crippen LogP contribution in [0.1, 0.15) is 31.8 Å². The van der Waals surface area contributed by atoms with Gasteiger partial charge in [-0.1, -0.05) is 6.07 Å². The number of hydrogen-bond acceptors (Lipinski definition) is 8. The van der Waals surface area contributed by atoms with Crippen LogP contribution in [0.25, 0.3) is 6.08 Å². The van der Waals surface area contributed by atoms with Crippen molar-refractivity contribution in [3.63, 3.8) is 0 Å². The number of ether oxygens (including phenoxy) is 5. The Morgan fingerprint density at radius 3 is 2.26 bits per heavy atom. The molecule has 0 bridgehead atoms. The van der Waals surface area contributed by atoms with Crippen molar-refractivity contribution in [3.05, 3.63) is 74.9 Å². The van der Waals surface area contributed by atoms with Crippen molar-refractivity contribution < 1.29 is 33.3 Å². The van der Waals surface area contributed by atoms with Crippen LogP contribution in [0.4, 0.5) is 5.69 Å². The van der Waals surface area contributed by atoms with E-state index in [2.05, 4.69) is 21.2 Å². The molecule has 2 aliphatic rings. The summed E-state index contributed by atoms with van der Waals surface area (Å²) < 4.78 is 28.5. The molecule has 0 fully saturated rings. The Kier molecular flexibility index (Phi) is 7.38. The molecule has 0 aliphatic carbocycles. The van der Waals surface area contributed by atoms with Crippen molar-refractivity contribution in [2.45, 2.75) is 6.42 Å². The van der Waals surface area contributed by atoms with Crippen LogP contribution in [-0.2, 0) is 6.42 Å². The summed E-state index contributed by atoms with van der Waals surface area (Å²) in [4.78, 5) is 28.6. The van der Waals surface area contributed by atoms with Crippen LogP contribution in [0, 0.1) is 0 Å². The summed E-state index contributed by atoms with van der Waals surface area (Å²) in [6, 6.07) is 11.9. The van der Waals surface area contributed by atoms with Gasteiger partial charge in [-0.05, 0) is 70.4 Å². The number of rotatable bonds is 7. The number of amides is 1. The monoisotopic (exact) mass is 594 g/mol. The number of fused-ring (bicyclic) bond motifs is 2. The highest BCUT2D eigenvalue weighted by molar-refractivity contribution is 9.10. The molecule has 0 saturated heterocycles. The minimum absolute atomic E-state index is 0.106. The van der Waals surface area contributed by atoms with Gasteiger partial charge in [0.15, 0.2) is 11.5 Å². The van der Waals surface area contributed by atoms with Crippen molar-refractivity contribution in [3.8, 4) is 28.7 Å². The van der Waals surface area contributed by atoms with Crippen molar-refractivity contribution in [1.29, 1.82) is 0 Å². The molecule has 0 aromatic heterocycles. The molecule has 0 atom stereocenters. The van der Waals surface area contributed by atoms with E-state index in [1.165, 1.54) is 14.2 Å². The molecular formula is C29H27BrN2O7. The third-order valence-corrected chi connectivity index (χ3v) is 7.58. The number of carbonyl (C=O) groups is 2. The lowest BCUT2D eigenvalue weighted by Crippen LogP contribution is -2.24. The molecule has 1 amide bonds. The van der Waals surface area contributed by atoms with E-state index in [0.717, 1.165) is 15.6 Å². The Morgan fingerprint density at radius 2 is 1.62 bits per heavy atom. The van der Waals surface area contributed by atoms with E-state index in [9.17, 15) is 9.59 Å². The molecule has 2 aliphatic heterocycles. The topological polar surface area (TPSA) is 95.6 Å². The molecule has 5 rings (SSSR count). The van der Waals surface area contributed by atoms with Crippen LogP contribution < -0.4 is 29.0 Å². The molecule has 1 N–H and O–H groups in total. The summed E-state index contributed by atoms with van der Waals surface area (Å²) in [7, 11) is 6.44. The fourth-order valence-corrected chi connectivity index (χ4v) is 5.44. The van der Waals surface area contributed by atoms with Crippen LogP contribution in [0.15, 0.2) is 52.6 Å². The van der Waals surface area contributed by atoms with Crippen LogP contribution >= 0.6 is 15.9 Å². The Hall–Kier alpha value is -4.18.